The molecule has 1 aliphatic rings. The third-order valence-corrected chi connectivity index (χ3v) is 4.17. The van der Waals surface area contributed by atoms with E-state index in [4.69, 9.17) is 9.47 Å². The average Bonchev–Trinajstić information content (AvgIpc) is 2.57. The number of amides is 1. The predicted molar refractivity (Wildman–Crippen MR) is 104 cm³/mol. The van der Waals surface area contributed by atoms with Crippen LogP contribution in [-0.2, 0) is 16.0 Å². The SMILES string of the molecule is C=C(C)COC1CN(C(=O)OC(C)(C)C)CCC1NCc1ccccc1. The van der Waals surface area contributed by atoms with Crippen LogP contribution in [0.2, 0.25) is 0 Å². The van der Waals surface area contributed by atoms with Gasteiger partial charge in [0.05, 0.1) is 19.3 Å². The van der Waals surface area contributed by atoms with Crippen LogP contribution in [0, 0.1) is 0 Å². The lowest BCUT2D eigenvalue weighted by Gasteiger charge is -2.39. The summed E-state index contributed by atoms with van der Waals surface area (Å²) in [4.78, 5) is 14.1. The fraction of sp³-hybridized carbons (Fsp3) is 0.571. The summed E-state index contributed by atoms with van der Waals surface area (Å²) in [5.74, 6) is 0. The third kappa shape index (κ3) is 6.81. The van der Waals surface area contributed by atoms with E-state index < -0.39 is 5.60 Å². The van der Waals surface area contributed by atoms with Gasteiger partial charge in [-0.1, -0.05) is 42.5 Å². The van der Waals surface area contributed by atoms with Crippen molar-refractivity contribution in [3.05, 3.63) is 48.0 Å². The van der Waals surface area contributed by atoms with Crippen molar-refractivity contribution in [3.63, 3.8) is 0 Å². The molecule has 5 nitrogen and oxygen atoms in total. The van der Waals surface area contributed by atoms with Crippen LogP contribution in [0.15, 0.2) is 42.5 Å². The van der Waals surface area contributed by atoms with Gasteiger partial charge in [-0.25, -0.2) is 4.79 Å². The molecular formula is C21H32N2O3. The summed E-state index contributed by atoms with van der Waals surface area (Å²) in [6.07, 6.45) is 0.465. The Morgan fingerprint density at radius 1 is 1.31 bits per heavy atom. The Bertz CT molecular complexity index is 595. The predicted octanol–water partition coefficient (Wildman–Crippen LogP) is 3.75. The van der Waals surface area contributed by atoms with Crippen molar-refractivity contribution in [1.82, 2.24) is 10.2 Å². The molecule has 26 heavy (non-hydrogen) atoms. The summed E-state index contributed by atoms with van der Waals surface area (Å²) in [5, 5.41) is 3.59. The smallest absolute Gasteiger partial charge is 0.410 e. The molecule has 1 aromatic rings. The number of ether oxygens (including phenoxy) is 2. The van der Waals surface area contributed by atoms with Crippen LogP contribution in [0.3, 0.4) is 0 Å². The van der Waals surface area contributed by atoms with Crippen molar-refractivity contribution in [3.8, 4) is 0 Å². The van der Waals surface area contributed by atoms with E-state index in [9.17, 15) is 4.79 Å². The van der Waals surface area contributed by atoms with Crippen molar-refractivity contribution < 1.29 is 14.3 Å². The van der Waals surface area contributed by atoms with E-state index in [1.807, 2.05) is 45.9 Å². The topological polar surface area (TPSA) is 50.8 Å². The molecule has 0 aliphatic carbocycles. The first kappa shape index (κ1) is 20.5. The van der Waals surface area contributed by atoms with E-state index in [1.54, 1.807) is 4.90 Å². The Morgan fingerprint density at radius 2 is 2.00 bits per heavy atom. The third-order valence-electron chi connectivity index (χ3n) is 4.17. The van der Waals surface area contributed by atoms with Crippen LogP contribution in [0.5, 0.6) is 0 Å². The number of carbonyl (C=O) groups is 1. The van der Waals surface area contributed by atoms with Gasteiger partial charge in [0.15, 0.2) is 0 Å². The summed E-state index contributed by atoms with van der Waals surface area (Å²) >= 11 is 0. The number of hydrogen-bond donors (Lipinski definition) is 1. The largest absolute Gasteiger partial charge is 0.444 e. The molecule has 0 spiro atoms. The molecule has 0 aromatic heterocycles. The van der Waals surface area contributed by atoms with Gasteiger partial charge in [-0.2, -0.15) is 0 Å². The van der Waals surface area contributed by atoms with Crippen molar-refractivity contribution >= 4 is 6.09 Å². The zero-order chi connectivity index (χ0) is 19.2. The lowest BCUT2D eigenvalue weighted by molar-refractivity contribution is -0.0287. The average molecular weight is 360 g/mol. The first-order valence-corrected chi connectivity index (χ1v) is 9.26. The fourth-order valence-electron chi connectivity index (χ4n) is 2.91. The van der Waals surface area contributed by atoms with E-state index >= 15 is 0 Å². The number of piperidine rings is 1. The van der Waals surface area contributed by atoms with E-state index in [1.165, 1.54) is 5.56 Å². The van der Waals surface area contributed by atoms with Crippen LogP contribution in [-0.4, -0.2) is 48.4 Å². The second kappa shape index (κ2) is 9.19. The minimum atomic E-state index is -0.493. The van der Waals surface area contributed by atoms with E-state index in [-0.39, 0.29) is 18.2 Å². The Balaban J connectivity index is 1.97. The molecule has 1 N–H and O–H groups in total. The molecule has 2 atom stereocenters. The summed E-state index contributed by atoms with van der Waals surface area (Å²) in [6, 6.07) is 10.5. The lowest BCUT2D eigenvalue weighted by Crippen LogP contribution is -2.55. The number of hydrogen-bond acceptors (Lipinski definition) is 4. The number of benzene rings is 1. The summed E-state index contributed by atoms with van der Waals surface area (Å²) in [7, 11) is 0. The minimum Gasteiger partial charge on any atom is -0.444 e. The van der Waals surface area contributed by atoms with Gasteiger partial charge in [0.2, 0.25) is 0 Å². The Labute approximate surface area is 157 Å². The molecule has 0 bridgehead atoms. The first-order chi connectivity index (χ1) is 12.2. The molecule has 0 radical (unpaired) electrons. The van der Waals surface area contributed by atoms with Crippen LogP contribution >= 0.6 is 0 Å². The molecule has 1 amide bonds. The van der Waals surface area contributed by atoms with Crippen LogP contribution in [0.25, 0.3) is 0 Å². The zero-order valence-electron chi connectivity index (χ0n) is 16.5. The molecule has 5 heteroatoms. The number of likely N-dealkylation sites (tertiary alicyclic amines) is 1. The molecular weight excluding hydrogens is 328 g/mol. The second-order valence-electron chi connectivity index (χ2n) is 7.99. The molecule has 1 fully saturated rings. The van der Waals surface area contributed by atoms with Crippen molar-refractivity contribution in [1.29, 1.82) is 0 Å². The molecule has 1 heterocycles. The molecule has 2 rings (SSSR count). The maximum atomic E-state index is 12.4. The Kier molecular flexibility index (Phi) is 7.23. The number of rotatable bonds is 6. The minimum absolute atomic E-state index is 0.0864. The highest BCUT2D eigenvalue weighted by Gasteiger charge is 2.33. The van der Waals surface area contributed by atoms with Crippen LogP contribution < -0.4 is 5.32 Å². The molecule has 1 aromatic carbocycles. The van der Waals surface area contributed by atoms with E-state index in [2.05, 4.69) is 24.0 Å². The summed E-state index contributed by atoms with van der Waals surface area (Å²) in [6.45, 7) is 14.0. The normalized spacial score (nSPS) is 20.7. The van der Waals surface area contributed by atoms with Gasteiger partial charge in [-0.15, -0.1) is 0 Å². The van der Waals surface area contributed by atoms with Gasteiger partial charge in [-0.3, -0.25) is 0 Å². The fourth-order valence-corrected chi connectivity index (χ4v) is 2.91. The number of nitrogens with zero attached hydrogens (tertiary/aromatic N) is 1. The molecule has 1 aliphatic heterocycles. The van der Waals surface area contributed by atoms with Gasteiger partial charge in [-0.05, 0) is 39.7 Å². The van der Waals surface area contributed by atoms with Gasteiger partial charge in [0.25, 0.3) is 0 Å². The second-order valence-corrected chi connectivity index (χ2v) is 7.99. The highest BCUT2D eigenvalue weighted by molar-refractivity contribution is 5.68. The van der Waals surface area contributed by atoms with Gasteiger partial charge in [0, 0.05) is 19.1 Å². The lowest BCUT2D eigenvalue weighted by atomic mass is 10.0. The van der Waals surface area contributed by atoms with Crippen molar-refractivity contribution in [2.24, 2.45) is 0 Å². The van der Waals surface area contributed by atoms with Crippen LogP contribution in [0.4, 0.5) is 4.79 Å². The molecule has 1 saturated heterocycles. The van der Waals surface area contributed by atoms with Crippen molar-refractivity contribution in [2.75, 3.05) is 19.7 Å². The van der Waals surface area contributed by atoms with Crippen LogP contribution in [0.1, 0.15) is 39.7 Å². The standard InChI is InChI=1S/C21H32N2O3/c1-16(2)15-25-19-14-23(20(24)26-21(3,4)5)12-11-18(19)22-13-17-9-7-6-8-10-17/h6-10,18-19,22H,1,11-15H2,2-5H3. The highest BCUT2D eigenvalue weighted by Crippen LogP contribution is 2.19. The maximum Gasteiger partial charge on any atom is 0.410 e. The number of nitrogens with one attached hydrogen (secondary N) is 1. The quantitative estimate of drug-likeness (QED) is 0.785. The van der Waals surface area contributed by atoms with E-state index in [0.717, 1.165) is 18.5 Å². The Morgan fingerprint density at radius 3 is 2.62 bits per heavy atom. The molecule has 144 valence electrons. The zero-order valence-corrected chi connectivity index (χ0v) is 16.5. The maximum absolute atomic E-state index is 12.4. The van der Waals surface area contributed by atoms with Gasteiger partial charge >= 0.3 is 6.09 Å². The van der Waals surface area contributed by atoms with Gasteiger partial charge in [0.1, 0.15) is 5.60 Å². The Hall–Kier alpha value is -1.85. The number of carbonyl (C=O) groups excluding carboxylic acids is 1. The summed E-state index contributed by atoms with van der Waals surface area (Å²) in [5.41, 5.74) is 1.72. The summed E-state index contributed by atoms with van der Waals surface area (Å²) < 4.78 is 11.6. The molecule has 2 unspecified atom stereocenters. The highest BCUT2D eigenvalue weighted by atomic mass is 16.6. The van der Waals surface area contributed by atoms with Crippen molar-refractivity contribution in [2.45, 2.75) is 58.4 Å². The van der Waals surface area contributed by atoms with E-state index in [0.29, 0.717) is 19.7 Å². The monoisotopic (exact) mass is 360 g/mol. The van der Waals surface area contributed by atoms with Gasteiger partial charge < -0.3 is 19.7 Å². The first-order valence-electron chi connectivity index (χ1n) is 9.26. The molecule has 0 saturated carbocycles.